The SMILES string of the molecule is Cn1c(N2CCC3(CCOC3)CC2)nc2[nH]nc(C#Cc3ccccc3)c2c1=O. The Bertz CT molecular complexity index is 1150. The van der Waals surface area contributed by atoms with Gasteiger partial charge in [-0.15, -0.1) is 0 Å². The highest BCUT2D eigenvalue weighted by Crippen LogP contribution is 2.39. The molecule has 0 radical (unpaired) electrons. The summed E-state index contributed by atoms with van der Waals surface area (Å²) in [6, 6.07) is 9.65. The Morgan fingerprint density at radius 1 is 1.14 bits per heavy atom. The molecule has 0 unspecified atom stereocenters. The van der Waals surface area contributed by atoms with Gasteiger partial charge in [-0.05, 0) is 42.7 Å². The van der Waals surface area contributed by atoms with Crippen LogP contribution >= 0.6 is 0 Å². The first-order valence-corrected chi connectivity index (χ1v) is 10.0. The fourth-order valence-electron chi connectivity index (χ4n) is 4.30. The second kappa shape index (κ2) is 7.05. The van der Waals surface area contributed by atoms with Gasteiger partial charge in [0.1, 0.15) is 5.39 Å². The molecule has 3 aromatic rings. The average molecular weight is 389 g/mol. The van der Waals surface area contributed by atoms with Gasteiger partial charge >= 0.3 is 0 Å². The van der Waals surface area contributed by atoms with Crippen LogP contribution in [0.3, 0.4) is 0 Å². The lowest BCUT2D eigenvalue weighted by Crippen LogP contribution is -2.43. The summed E-state index contributed by atoms with van der Waals surface area (Å²) in [4.78, 5) is 20.0. The van der Waals surface area contributed by atoms with Gasteiger partial charge in [-0.1, -0.05) is 24.1 Å². The van der Waals surface area contributed by atoms with E-state index in [4.69, 9.17) is 9.72 Å². The summed E-state index contributed by atoms with van der Waals surface area (Å²) in [7, 11) is 1.77. The van der Waals surface area contributed by atoms with Gasteiger partial charge in [-0.3, -0.25) is 14.5 Å². The summed E-state index contributed by atoms with van der Waals surface area (Å²) in [6.07, 6.45) is 3.27. The van der Waals surface area contributed by atoms with Crippen molar-refractivity contribution in [3.63, 3.8) is 0 Å². The van der Waals surface area contributed by atoms with Crippen molar-refractivity contribution in [1.29, 1.82) is 0 Å². The van der Waals surface area contributed by atoms with Gasteiger partial charge in [-0.25, -0.2) is 0 Å². The minimum absolute atomic E-state index is 0.124. The molecule has 1 spiro atoms. The standard InChI is InChI=1S/C22H23N5O2/c1-26-20(28)18-17(8-7-16-5-3-2-4-6-16)24-25-19(18)23-21(26)27-12-9-22(10-13-27)11-14-29-15-22/h2-6H,9-15H2,1H3,(H,24,25). The number of hydrogen-bond donors (Lipinski definition) is 1. The molecule has 2 fully saturated rings. The van der Waals surface area contributed by atoms with Gasteiger partial charge < -0.3 is 9.64 Å². The van der Waals surface area contributed by atoms with E-state index in [0.717, 1.165) is 51.1 Å². The Labute approximate surface area is 168 Å². The fraction of sp³-hybridized carbons (Fsp3) is 0.409. The molecular formula is C22H23N5O2. The zero-order chi connectivity index (χ0) is 19.8. The number of anilines is 1. The van der Waals surface area contributed by atoms with Crippen LogP contribution < -0.4 is 10.5 Å². The number of hydrogen-bond acceptors (Lipinski definition) is 5. The lowest BCUT2D eigenvalue weighted by Gasteiger charge is -2.39. The molecular weight excluding hydrogens is 366 g/mol. The maximum atomic E-state index is 13.1. The van der Waals surface area contributed by atoms with Crippen molar-refractivity contribution in [2.75, 3.05) is 31.2 Å². The highest BCUT2D eigenvalue weighted by molar-refractivity contribution is 5.81. The number of piperidine rings is 1. The van der Waals surface area contributed by atoms with E-state index in [2.05, 4.69) is 26.9 Å². The van der Waals surface area contributed by atoms with Crippen molar-refractivity contribution in [1.82, 2.24) is 19.7 Å². The first kappa shape index (κ1) is 18.0. The highest BCUT2D eigenvalue weighted by Gasteiger charge is 2.38. The van der Waals surface area contributed by atoms with E-state index in [1.165, 1.54) is 0 Å². The fourth-order valence-corrected chi connectivity index (χ4v) is 4.30. The second-order valence-corrected chi connectivity index (χ2v) is 7.98. The van der Waals surface area contributed by atoms with Crippen LogP contribution in [-0.2, 0) is 11.8 Å². The molecule has 4 heterocycles. The summed E-state index contributed by atoms with van der Waals surface area (Å²) in [6.45, 7) is 3.48. The average Bonchev–Trinajstić information content (AvgIpc) is 3.38. The normalized spacial score (nSPS) is 18.2. The summed E-state index contributed by atoms with van der Waals surface area (Å²) < 4.78 is 7.24. The monoisotopic (exact) mass is 389 g/mol. The predicted octanol–water partition coefficient (Wildman–Crippen LogP) is 2.06. The maximum absolute atomic E-state index is 13.1. The third-order valence-corrected chi connectivity index (χ3v) is 6.17. The Hall–Kier alpha value is -3.11. The predicted molar refractivity (Wildman–Crippen MR) is 111 cm³/mol. The molecule has 0 bridgehead atoms. The highest BCUT2D eigenvalue weighted by atomic mass is 16.5. The number of aromatic amines is 1. The van der Waals surface area contributed by atoms with E-state index in [1.54, 1.807) is 11.6 Å². The van der Waals surface area contributed by atoms with Gasteiger partial charge in [0.15, 0.2) is 11.3 Å². The lowest BCUT2D eigenvalue weighted by atomic mass is 9.78. The van der Waals surface area contributed by atoms with Gasteiger partial charge in [0.25, 0.3) is 5.56 Å². The molecule has 0 aliphatic carbocycles. The van der Waals surface area contributed by atoms with Crippen LogP contribution in [0.15, 0.2) is 35.1 Å². The van der Waals surface area contributed by atoms with Crippen LogP contribution in [-0.4, -0.2) is 46.1 Å². The van der Waals surface area contributed by atoms with Crippen molar-refractivity contribution in [2.24, 2.45) is 12.5 Å². The van der Waals surface area contributed by atoms with Gasteiger partial charge in [0.2, 0.25) is 5.95 Å². The van der Waals surface area contributed by atoms with Crippen LogP contribution in [0.25, 0.3) is 11.0 Å². The third kappa shape index (κ3) is 3.19. The lowest BCUT2D eigenvalue weighted by molar-refractivity contribution is 0.133. The summed E-state index contributed by atoms with van der Waals surface area (Å²) >= 11 is 0. The topological polar surface area (TPSA) is 76.0 Å². The molecule has 7 heteroatoms. The molecule has 2 aromatic heterocycles. The molecule has 29 heavy (non-hydrogen) atoms. The van der Waals surface area contributed by atoms with Crippen LogP contribution in [0.1, 0.15) is 30.5 Å². The largest absolute Gasteiger partial charge is 0.381 e. The van der Waals surface area contributed by atoms with E-state index < -0.39 is 0 Å². The third-order valence-electron chi connectivity index (χ3n) is 6.17. The Morgan fingerprint density at radius 2 is 1.93 bits per heavy atom. The van der Waals surface area contributed by atoms with Gasteiger partial charge in [-0.2, -0.15) is 10.1 Å². The molecule has 0 saturated carbocycles. The Morgan fingerprint density at radius 3 is 2.66 bits per heavy atom. The number of rotatable bonds is 1. The zero-order valence-corrected chi connectivity index (χ0v) is 16.4. The molecule has 2 aliphatic rings. The van der Waals surface area contributed by atoms with Crippen LogP contribution in [0.5, 0.6) is 0 Å². The summed E-state index contributed by atoms with van der Waals surface area (Å²) in [5.41, 5.74) is 1.99. The van der Waals surface area contributed by atoms with Crippen molar-refractivity contribution in [3.8, 4) is 11.8 Å². The molecule has 1 N–H and O–H groups in total. The quantitative estimate of drug-likeness (QED) is 0.645. The van der Waals surface area contributed by atoms with E-state index in [0.29, 0.717) is 28.1 Å². The molecule has 5 rings (SSSR count). The number of ether oxygens (including phenoxy) is 1. The number of H-pyrrole nitrogens is 1. The summed E-state index contributed by atoms with van der Waals surface area (Å²) in [5, 5.41) is 7.59. The summed E-state index contributed by atoms with van der Waals surface area (Å²) in [5.74, 6) is 6.75. The molecule has 1 aromatic carbocycles. The smallest absolute Gasteiger partial charge is 0.267 e. The number of fused-ring (bicyclic) bond motifs is 1. The number of benzene rings is 1. The van der Waals surface area contributed by atoms with E-state index >= 15 is 0 Å². The van der Waals surface area contributed by atoms with Gasteiger partial charge in [0.05, 0.1) is 6.61 Å². The van der Waals surface area contributed by atoms with Crippen molar-refractivity contribution in [3.05, 3.63) is 51.9 Å². The Kier molecular flexibility index (Phi) is 4.36. The van der Waals surface area contributed by atoms with E-state index in [-0.39, 0.29) is 5.56 Å². The van der Waals surface area contributed by atoms with Crippen LogP contribution in [0, 0.1) is 17.3 Å². The first-order valence-electron chi connectivity index (χ1n) is 10.0. The number of nitrogens with zero attached hydrogens (tertiary/aromatic N) is 4. The first-order chi connectivity index (χ1) is 14.2. The molecule has 2 aliphatic heterocycles. The van der Waals surface area contributed by atoms with Crippen molar-refractivity contribution in [2.45, 2.75) is 19.3 Å². The molecule has 0 amide bonds. The van der Waals surface area contributed by atoms with E-state index in [9.17, 15) is 4.79 Å². The molecule has 148 valence electrons. The molecule has 0 atom stereocenters. The number of nitrogens with one attached hydrogen (secondary N) is 1. The van der Waals surface area contributed by atoms with Crippen molar-refractivity contribution >= 4 is 17.0 Å². The molecule has 2 saturated heterocycles. The maximum Gasteiger partial charge on any atom is 0.267 e. The van der Waals surface area contributed by atoms with Crippen LogP contribution in [0.4, 0.5) is 5.95 Å². The van der Waals surface area contributed by atoms with E-state index in [1.807, 2.05) is 30.3 Å². The van der Waals surface area contributed by atoms with Crippen LogP contribution in [0.2, 0.25) is 0 Å². The Balaban J connectivity index is 1.46. The molecule has 7 nitrogen and oxygen atoms in total. The zero-order valence-electron chi connectivity index (χ0n) is 16.4. The second-order valence-electron chi connectivity index (χ2n) is 7.98. The van der Waals surface area contributed by atoms with Gasteiger partial charge in [0, 0.05) is 32.3 Å². The minimum Gasteiger partial charge on any atom is -0.381 e. The van der Waals surface area contributed by atoms with Crippen molar-refractivity contribution < 1.29 is 4.74 Å². The number of aromatic nitrogens is 4. The minimum atomic E-state index is -0.124.